The van der Waals surface area contributed by atoms with Crippen LogP contribution in [0.4, 0.5) is 5.69 Å². The third kappa shape index (κ3) is 5.11. The van der Waals surface area contributed by atoms with E-state index in [-0.39, 0.29) is 11.8 Å². The number of carbonyl (C=O) groups is 2. The number of hydrogen-bond acceptors (Lipinski definition) is 5. The number of ether oxygens (including phenoxy) is 2. The van der Waals surface area contributed by atoms with E-state index in [1.807, 2.05) is 5.38 Å². The molecular formula is C21H20N2O4S. The number of hydrogen-bond donors (Lipinski definition) is 2. The summed E-state index contributed by atoms with van der Waals surface area (Å²) in [6.45, 7) is 0.652. The second-order valence-corrected chi connectivity index (χ2v) is 6.57. The molecule has 2 amide bonds. The molecule has 0 aliphatic carbocycles. The monoisotopic (exact) mass is 396 g/mol. The van der Waals surface area contributed by atoms with E-state index in [1.165, 1.54) is 11.3 Å². The molecule has 0 atom stereocenters. The van der Waals surface area contributed by atoms with Crippen LogP contribution in [0.3, 0.4) is 0 Å². The molecule has 0 fully saturated rings. The third-order valence-electron chi connectivity index (χ3n) is 3.92. The zero-order valence-electron chi connectivity index (χ0n) is 15.3. The molecule has 2 N–H and O–H groups in total. The van der Waals surface area contributed by atoms with Gasteiger partial charge in [-0.15, -0.1) is 0 Å². The zero-order valence-corrected chi connectivity index (χ0v) is 16.1. The first-order valence-corrected chi connectivity index (χ1v) is 9.59. The summed E-state index contributed by atoms with van der Waals surface area (Å²) in [5, 5.41) is 9.18. The molecule has 1 aromatic heterocycles. The van der Waals surface area contributed by atoms with E-state index in [9.17, 15) is 9.59 Å². The van der Waals surface area contributed by atoms with Crippen LogP contribution in [0.1, 0.15) is 20.7 Å². The predicted molar refractivity (Wildman–Crippen MR) is 110 cm³/mol. The number of para-hydroxylation sites is 1. The first kappa shape index (κ1) is 19.4. The van der Waals surface area contributed by atoms with Gasteiger partial charge in [-0.2, -0.15) is 11.3 Å². The Labute approximate surface area is 167 Å². The van der Waals surface area contributed by atoms with Crippen LogP contribution in [-0.2, 0) is 0 Å². The summed E-state index contributed by atoms with van der Waals surface area (Å²) < 4.78 is 10.7. The minimum absolute atomic E-state index is 0.246. The van der Waals surface area contributed by atoms with Crippen molar-refractivity contribution in [3.63, 3.8) is 0 Å². The first-order chi connectivity index (χ1) is 13.7. The molecule has 28 heavy (non-hydrogen) atoms. The van der Waals surface area contributed by atoms with E-state index < -0.39 is 0 Å². The Kier molecular flexibility index (Phi) is 6.64. The molecule has 3 rings (SSSR count). The van der Waals surface area contributed by atoms with Gasteiger partial charge in [0.05, 0.1) is 30.5 Å². The molecule has 7 heteroatoms. The van der Waals surface area contributed by atoms with Gasteiger partial charge in [0.25, 0.3) is 11.8 Å². The van der Waals surface area contributed by atoms with Crippen molar-refractivity contribution in [1.29, 1.82) is 0 Å². The van der Waals surface area contributed by atoms with Crippen molar-refractivity contribution in [1.82, 2.24) is 5.32 Å². The van der Waals surface area contributed by atoms with Gasteiger partial charge in [-0.05, 0) is 47.8 Å². The Morgan fingerprint density at radius 3 is 2.43 bits per heavy atom. The second-order valence-electron chi connectivity index (χ2n) is 5.79. The Hall–Kier alpha value is -3.32. The lowest BCUT2D eigenvalue weighted by molar-refractivity contribution is 0.0948. The van der Waals surface area contributed by atoms with Gasteiger partial charge in [-0.25, -0.2) is 0 Å². The maximum absolute atomic E-state index is 12.5. The molecule has 0 radical (unpaired) electrons. The lowest BCUT2D eigenvalue weighted by Crippen LogP contribution is -2.29. The smallest absolute Gasteiger partial charge is 0.256 e. The number of nitrogens with one attached hydrogen (secondary N) is 2. The number of rotatable bonds is 8. The number of methoxy groups -OCH3 is 1. The molecule has 1 heterocycles. The molecule has 3 aromatic rings. The number of thiophene rings is 1. The number of carbonyl (C=O) groups excluding carboxylic acids is 2. The highest BCUT2D eigenvalue weighted by Gasteiger charge is 2.14. The molecule has 0 bridgehead atoms. The zero-order chi connectivity index (χ0) is 19.8. The van der Waals surface area contributed by atoms with Crippen LogP contribution < -0.4 is 20.1 Å². The number of benzene rings is 2. The Balaban J connectivity index is 1.53. The fourth-order valence-corrected chi connectivity index (χ4v) is 3.11. The molecule has 0 aliphatic heterocycles. The molecule has 0 aliphatic rings. The first-order valence-electron chi connectivity index (χ1n) is 8.65. The summed E-state index contributed by atoms with van der Waals surface area (Å²) in [6, 6.07) is 15.8. The molecular weight excluding hydrogens is 376 g/mol. The van der Waals surface area contributed by atoms with Gasteiger partial charge in [0.15, 0.2) is 0 Å². The number of anilines is 1. The normalized spacial score (nSPS) is 10.2. The maximum Gasteiger partial charge on any atom is 0.256 e. The Bertz CT molecular complexity index is 924. The highest BCUT2D eigenvalue weighted by molar-refractivity contribution is 7.08. The molecule has 144 valence electrons. The highest BCUT2D eigenvalue weighted by atomic mass is 32.1. The van der Waals surface area contributed by atoms with Crippen molar-refractivity contribution in [2.24, 2.45) is 0 Å². The van der Waals surface area contributed by atoms with E-state index >= 15 is 0 Å². The van der Waals surface area contributed by atoms with Gasteiger partial charge in [0, 0.05) is 5.38 Å². The van der Waals surface area contributed by atoms with Crippen LogP contribution in [-0.4, -0.2) is 32.1 Å². The van der Waals surface area contributed by atoms with Crippen LogP contribution >= 0.6 is 11.3 Å². The second kappa shape index (κ2) is 9.57. The topological polar surface area (TPSA) is 76.7 Å². The number of amides is 2. The van der Waals surface area contributed by atoms with Gasteiger partial charge in [-0.1, -0.05) is 12.1 Å². The van der Waals surface area contributed by atoms with Gasteiger partial charge in [0.2, 0.25) is 0 Å². The Morgan fingerprint density at radius 2 is 1.71 bits per heavy atom. The predicted octanol–water partition coefficient (Wildman–Crippen LogP) is 3.82. The largest absolute Gasteiger partial charge is 0.497 e. The van der Waals surface area contributed by atoms with Crippen LogP contribution in [0, 0.1) is 0 Å². The summed E-state index contributed by atoms with van der Waals surface area (Å²) in [5.41, 5.74) is 1.43. The third-order valence-corrected chi connectivity index (χ3v) is 4.60. The van der Waals surface area contributed by atoms with E-state index in [4.69, 9.17) is 9.47 Å². The van der Waals surface area contributed by atoms with Crippen molar-refractivity contribution in [2.75, 3.05) is 25.6 Å². The summed E-state index contributed by atoms with van der Waals surface area (Å²) in [7, 11) is 1.60. The summed E-state index contributed by atoms with van der Waals surface area (Å²) >= 11 is 1.44. The lowest BCUT2D eigenvalue weighted by Gasteiger charge is -2.12. The molecule has 0 saturated carbocycles. The fourth-order valence-electron chi connectivity index (χ4n) is 2.48. The van der Waals surface area contributed by atoms with Crippen molar-refractivity contribution < 1.29 is 19.1 Å². The standard InChI is InChI=1S/C21H20N2O4S/c1-26-16-6-8-17(9-7-16)27-12-11-22-21(25)18-4-2-3-5-19(18)23-20(24)15-10-13-28-14-15/h2-10,13-14H,11-12H2,1H3,(H,22,25)(H,23,24). The van der Waals surface area contributed by atoms with Crippen LogP contribution in [0.15, 0.2) is 65.4 Å². The Morgan fingerprint density at radius 1 is 0.964 bits per heavy atom. The average Bonchev–Trinajstić information content (AvgIpc) is 3.27. The molecule has 6 nitrogen and oxygen atoms in total. The average molecular weight is 396 g/mol. The van der Waals surface area contributed by atoms with Gasteiger partial charge < -0.3 is 20.1 Å². The van der Waals surface area contributed by atoms with Crippen LogP contribution in [0.5, 0.6) is 11.5 Å². The molecule has 0 spiro atoms. The van der Waals surface area contributed by atoms with E-state index in [0.717, 1.165) is 5.75 Å². The fraction of sp³-hybridized carbons (Fsp3) is 0.143. The van der Waals surface area contributed by atoms with Gasteiger partial charge >= 0.3 is 0 Å². The SMILES string of the molecule is COc1ccc(OCCNC(=O)c2ccccc2NC(=O)c2ccsc2)cc1. The molecule has 0 unspecified atom stereocenters. The lowest BCUT2D eigenvalue weighted by atomic mass is 10.1. The molecule has 0 saturated heterocycles. The quantitative estimate of drug-likeness (QED) is 0.568. The van der Waals surface area contributed by atoms with Crippen molar-refractivity contribution in [2.45, 2.75) is 0 Å². The minimum Gasteiger partial charge on any atom is -0.497 e. The van der Waals surface area contributed by atoms with Crippen molar-refractivity contribution in [3.05, 3.63) is 76.5 Å². The summed E-state index contributed by atoms with van der Waals surface area (Å²) in [4.78, 5) is 24.7. The minimum atomic E-state index is -0.278. The van der Waals surface area contributed by atoms with E-state index in [1.54, 1.807) is 67.1 Å². The van der Waals surface area contributed by atoms with Gasteiger partial charge in [0.1, 0.15) is 18.1 Å². The van der Waals surface area contributed by atoms with E-state index in [0.29, 0.717) is 35.7 Å². The maximum atomic E-state index is 12.5. The van der Waals surface area contributed by atoms with E-state index in [2.05, 4.69) is 10.6 Å². The molecule has 2 aromatic carbocycles. The summed E-state index contributed by atoms with van der Waals surface area (Å²) in [6.07, 6.45) is 0. The van der Waals surface area contributed by atoms with Crippen LogP contribution in [0.2, 0.25) is 0 Å². The van der Waals surface area contributed by atoms with Crippen LogP contribution in [0.25, 0.3) is 0 Å². The highest BCUT2D eigenvalue weighted by Crippen LogP contribution is 2.18. The van der Waals surface area contributed by atoms with Crippen molar-refractivity contribution >= 4 is 28.8 Å². The van der Waals surface area contributed by atoms with Gasteiger partial charge in [-0.3, -0.25) is 9.59 Å². The van der Waals surface area contributed by atoms with Crippen molar-refractivity contribution in [3.8, 4) is 11.5 Å². The summed E-state index contributed by atoms with van der Waals surface area (Å²) in [5.74, 6) is 0.920.